The summed E-state index contributed by atoms with van der Waals surface area (Å²) in [4.78, 5) is 23.9. The fraction of sp³-hybridized carbons (Fsp3) is 0.263. The number of nitrogens with zero attached hydrogens (tertiary/aromatic N) is 5. The van der Waals surface area contributed by atoms with Gasteiger partial charge in [0.1, 0.15) is 6.33 Å². The Hall–Kier alpha value is -3.40. The van der Waals surface area contributed by atoms with Crippen molar-refractivity contribution in [3.8, 4) is 29.6 Å². The molecule has 1 atom stereocenters. The van der Waals surface area contributed by atoms with Crippen LogP contribution < -0.4 is 0 Å². The van der Waals surface area contributed by atoms with E-state index < -0.39 is 0 Å². The Balaban J connectivity index is 1.80. The van der Waals surface area contributed by atoms with E-state index in [0.717, 1.165) is 24.2 Å². The van der Waals surface area contributed by atoms with Crippen LogP contribution in [-0.4, -0.2) is 37.0 Å². The summed E-state index contributed by atoms with van der Waals surface area (Å²) in [6.07, 6.45) is 9.05. The zero-order valence-electron chi connectivity index (χ0n) is 14.1. The summed E-state index contributed by atoms with van der Waals surface area (Å²) in [7, 11) is 0. The van der Waals surface area contributed by atoms with Gasteiger partial charge in [-0.2, -0.15) is 4.98 Å². The number of hydrogen-bond donors (Lipinski definition) is 0. The Morgan fingerprint density at radius 2 is 2.27 bits per heavy atom. The first-order valence-electron chi connectivity index (χ1n) is 8.47. The smallest absolute Gasteiger partial charge is 0.278 e. The van der Waals surface area contributed by atoms with Gasteiger partial charge < -0.3 is 9.42 Å². The second-order valence-electron chi connectivity index (χ2n) is 6.53. The summed E-state index contributed by atoms with van der Waals surface area (Å²) >= 11 is 0. The molecule has 26 heavy (non-hydrogen) atoms. The molecular formula is C19H15N5O2. The first kappa shape index (κ1) is 14.9. The minimum Gasteiger partial charge on any atom is -0.332 e. The SMILES string of the molecule is C#Cc1ccc2c(c1)C(=O)N1CCCC1c1c(-c3nc(C)no3)ncn1-2. The van der Waals surface area contributed by atoms with Crippen LogP contribution in [0.5, 0.6) is 0 Å². The number of benzene rings is 1. The van der Waals surface area contributed by atoms with Crippen LogP contribution in [0, 0.1) is 19.3 Å². The van der Waals surface area contributed by atoms with Gasteiger partial charge in [-0.3, -0.25) is 9.36 Å². The predicted molar refractivity (Wildman–Crippen MR) is 92.5 cm³/mol. The van der Waals surface area contributed by atoms with Crippen molar-refractivity contribution in [3.05, 3.63) is 47.2 Å². The maximum absolute atomic E-state index is 13.2. The van der Waals surface area contributed by atoms with Crippen molar-refractivity contribution in [2.45, 2.75) is 25.8 Å². The van der Waals surface area contributed by atoms with Gasteiger partial charge in [0.05, 0.1) is 23.0 Å². The Kier molecular flexibility index (Phi) is 3.04. The van der Waals surface area contributed by atoms with Crippen molar-refractivity contribution < 1.29 is 9.32 Å². The number of hydrogen-bond acceptors (Lipinski definition) is 5. The molecule has 1 fully saturated rings. The van der Waals surface area contributed by atoms with Crippen molar-refractivity contribution in [1.29, 1.82) is 0 Å². The molecule has 7 heteroatoms. The molecule has 2 aromatic heterocycles. The molecular weight excluding hydrogens is 330 g/mol. The number of carbonyl (C=O) groups excluding carboxylic acids is 1. The fourth-order valence-corrected chi connectivity index (χ4v) is 3.88. The molecule has 0 bridgehead atoms. The summed E-state index contributed by atoms with van der Waals surface area (Å²) < 4.78 is 7.31. The molecule has 128 valence electrons. The number of aryl methyl sites for hydroxylation is 1. The lowest BCUT2D eigenvalue weighted by molar-refractivity contribution is 0.0739. The number of aromatic nitrogens is 4. The molecule has 7 nitrogen and oxygen atoms in total. The molecule has 0 N–H and O–H groups in total. The van der Waals surface area contributed by atoms with Gasteiger partial charge in [0.15, 0.2) is 11.5 Å². The predicted octanol–water partition coefficient (Wildman–Crippen LogP) is 2.50. The van der Waals surface area contributed by atoms with E-state index in [0.29, 0.717) is 35.1 Å². The van der Waals surface area contributed by atoms with Crippen LogP contribution in [0.1, 0.15) is 46.3 Å². The van der Waals surface area contributed by atoms with Crippen molar-refractivity contribution >= 4 is 5.91 Å². The maximum Gasteiger partial charge on any atom is 0.278 e. The molecule has 0 aliphatic carbocycles. The zero-order valence-corrected chi connectivity index (χ0v) is 14.1. The lowest BCUT2D eigenvalue weighted by Gasteiger charge is -2.22. The molecule has 1 saturated heterocycles. The van der Waals surface area contributed by atoms with Crippen LogP contribution in [-0.2, 0) is 0 Å². The van der Waals surface area contributed by atoms with Crippen LogP contribution in [0.2, 0.25) is 0 Å². The largest absolute Gasteiger partial charge is 0.332 e. The van der Waals surface area contributed by atoms with E-state index in [9.17, 15) is 4.79 Å². The Morgan fingerprint density at radius 1 is 1.38 bits per heavy atom. The Bertz CT molecular complexity index is 1090. The average Bonchev–Trinajstić information content (AvgIpc) is 3.37. The number of carbonyl (C=O) groups is 1. The van der Waals surface area contributed by atoms with Gasteiger partial charge in [0, 0.05) is 12.1 Å². The topological polar surface area (TPSA) is 77.1 Å². The van der Waals surface area contributed by atoms with Gasteiger partial charge in [-0.1, -0.05) is 11.1 Å². The second kappa shape index (κ2) is 5.30. The van der Waals surface area contributed by atoms with Crippen molar-refractivity contribution in [2.75, 3.05) is 6.54 Å². The lowest BCUT2D eigenvalue weighted by atomic mass is 10.1. The molecule has 2 aliphatic rings. The molecule has 0 spiro atoms. The van der Waals surface area contributed by atoms with Crippen molar-refractivity contribution in [1.82, 2.24) is 24.6 Å². The molecule has 1 unspecified atom stereocenters. The summed E-state index contributed by atoms with van der Waals surface area (Å²) in [5.74, 6) is 3.53. The normalized spacial score (nSPS) is 18.1. The molecule has 0 saturated carbocycles. The number of terminal acetylenes is 1. The lowest BCUT2D eigenvalue weighted by Crippen LogP contribution is -2.29. The van der Waals surface area contributed by atoms with Crippen molar-refractivity contribution in [2.24, 2.45) is 0 Å². The molecule has 1 aromatic carbocycles. The van der Waals surface area contributed by atoms with Gasteiger partial charge in [-0.05, 0) is 38.0 Å². The van der Waals surface area contributed by atoms with Gasteiger partial charge >= 0.3 is 0 Å². The third-order valence-corrected chi connectivity index (χ3v) is 5.02. The molecule has 2 aliphatic heterocycles. The molecule has 4 heterocycles. The van der Waals surface area contributed by atoms with E-state index in [1.165, 1.54) is 0 Å². The fourth-order valence-electron chi connectivity index (χ4n) is 3.88. The Morgan fingerprint density at radius 3 is 3.04 bits per heavy atom. The monoisotopic (exact) mass is 345 g/mol. The number of amides is 1. The standard InChI is InChI=1S/C19H15N5O2/c1-3-12-6-7-14-13(9-12)19(25)23-8-4-5-15(23)17-16(20-10-24(14)17)18-21-11(2)22-26-18/h1,6-7,9-10,15H,4-5,8H2,2H3. The van der Waals surface area contributed by atoms with Gasteiger partial charge in [-0.25, -0.2) is 4.98 Å². The third kappa shape index (κ3) is 1.96. The minimum atomic E-state index is -0.0751. The first-order chi connectivity index (χ1) is 12.7. The minimum absolute atomic E-state index is 0.00374. The van der Waals surface area contributed by atoms with E-state index in [2.05, 4.69) is 21.0 Å². The molecule has 1 amide bonds. The summed E-state index contributed by atoms with van der Waals surface area (Å²) in [6.45, 7) is 2.47. The van der Waals surface area contributed by atoms with Crippen LogP contribution in [0.4, 0.5) is 0 Å². The highest BCUT2D eigenvalue weighted by atomic mass is 16.5. The van der Waals surface area contributed by atoms with Crippen LogP contribution >= 0.6 is 0 Å². The Labute approximate surface area is 149 Å². The molecule has 5 rings (SSSR count). The van der Waals surface area contributed by atoms with Gasteiger partial charge in [0.25, 0.3) is 11.8 Å². The van der Waals surface area contributed by atoms with E-state index in [-0.39, 0.29) is 11.9 Å². The zero-order chi connectivity index (χ0) is 17.8. The van der Waals surface area contributed by atoms with Gasteiger partial charge in [-0.15, -0.1) is 6.42 Å². The molecule has 3 aromatic rings. The van der Waals surface area contributed by atoms with E-state index in [1.54, 1.807) is 19.3 Å². The third-order valence-electron chi connectivity index (χ3n) is 5.02. The quantitative estimate of drug-likeness (QED) is 0.633. The highest BCUT2D eigenvalue weighted by Crippen LogP contribution is 2.42. The first-order valence-corrected chi connectivity index (χ1v) is 8.47. The van der Waals surface area contributed by atoms with Crippen LogP contribution in [0.25, 0.3) is 17.3 Å². The molecule has 0 radical (unpaired) electrons. The summed E-state index contributed by atoms with van der Waals surface area (Å²) in [5, 5.41) is 3.87. The number of imidazole rings is 1. The van der Waals surface area contributed by atoms with Crippen LogP contribution in [0.3, 0.4) is 0 Å². The number of rotatable bonds is 1. The summed E-state index contributed by atoms with van der Waals surface area (Å²) in [6, 6.07) is 5.41. The van der Waals surface area contributed by atoms with Crippen molar-refractivity contribution in [3.63, 3.8) is 0 Å². The van der Waals surface area contributed by atoms with E-state index in [1.807, 2.05) is 21.6 Å². The summed E-state index contributed by atoms with van der Waals surface area (Å²) in [5.41, 5.74) is 3.59. The number of fused-ring (bicyclic) bond motifs is 5. The maximum atomic E-state index is 13.2. The highest BCUT2D eigenvalue weighted by Gasteiger charge is 2.39. The van der Waals surface area contributed by atoms with Gasteiger partial charge in [0.2, 0.25) is 0 Å². The van der Waals surface area contributed by atoms with Crippen LogP contribution in [0.15, 0.2) is 29.0 Å². The highest BCUT2D eigenvalue weighted by molar-refractivity contribution is 5.99. The van der Waals surface area contributed by atoms with E-state index >= 15 is 0 Å². The second-order valence-corrected chi connectivity index (χ2v) is 6.53. The average molecular weight is 345 g/mol. The van der Waals surface area contributed by atoms with E-state index in [4.69, 9.17) is 10.9 Å².